The predicted octanol–water partition coefficient (Wildman–Crippen LogP) is 1.71. The third kappa shape index (κ3) is 1.74. The lowest BCUT2D eigenvalue weighted by Gasteiger charge is -2.16. The van der Waals surface area contributed by atoms with Crippen LogP contribution >= 0.6 is 11.6 Å². The van der Waals surface area contributed by atoms with Crippen LogP contribution in [0.15, 0.2) is 18.2 Å². The van der Waals surface area contributed by atoms with Gasteiger partial charge in [-0.05, 0) is 47.8 Å². The second-order valence-electron chi connectivity index (χ2n) is 3.18. The third-order valence-corrected chi connectivity index (χ3v) is 2.54. The van der Waals surface area contributed by atoms with Gasteiger partial charge in [0.1, 0.15) is 0 Å². The van der Waals surface area contributed by atoms with Crippen molar-refractivity contribution in [2.75, 3.05) is 6.54 Å². The second kappa shape index (κ2) is 3.48. The molecule has 3 heteroatoms. The molecule has 0 unspecified atom stereocenters. The highest BCUT2D eigenvalue weighted by atomic mass is 35.5. The topological polar surface area (TPSA) is 29.1 Å². The maximum atomic E-state index is 10.9. The molecule has 1 aromatic rings. The number of hydrogen-bond donors (Lipinski definition) is 1. The first kappa shape index (κ1) is 8.73. The fourth-order valence-electron chi connectivity index (χ4n) is 1.60. The number of fused-ring (bicyclic) bond motifs is 1. The van der Waals surface area contributed by atoms with E-state index in [1.807, 2.05) is 12.1 Å². The van der Waals surface area contributed by atoms with Crippen molar-refractivity contribution in [3.63, 3.8) is 0 Å². The number of halogens is 1. The minimum absolute atomic E-state index is 0.374. The molecule has 0 bridgehead atoms. The van der Waals surface area contributed by atoms with E-state index in [2.05, 4.69) is 5.32 Å². The highest BCUT2D eigenvalue weighted by Gasteiger charge is 2.10. The number of benzene rings is 1. The summed E-state index contributed by atoms with van der Waals surface area (Å²) in [4.78, 5) is 10.9. The predicted molar refractivity (Wildman–Crippen MR) is 52.0 cm³/mol. The molecule has 1 aliphatic rings. The van der Waals surface area contributed by atoms with E-state index in [0.29, 0.717) is 5.56 Å². The van der Waals surface area contributed by atoms with Crippen LogP contribution in [0.2, 0.25) is 0 Å². The first-order chi connectivity index (χ1) is 6.27. The summed E-state index contributed by atoms with van der Waals surface area (Å²) in [6, 6.07) is 5.64. The van der Waals surface area contributed by atoms with Gasteiger partial charge in [0.15, 0.2) is 0 Å². The maximum absolute atomic E-state index is 10.9. The van der Waals surface area contributed by atoms with E-state index in [1.54, 1.807) is 6.07 Å². The molecule has 0 saturated heterocycles. The molecule has 2 rings (SSSR count). The Morgan fingerprint density at radius 1 is 1.38 bits per heavy atom. The van der Waals surface area contributed by atoms with Crippen LogP contribution in [0.3, 0.4) is 0 Å². The highest BCUT2D eigenvalue weighted by molar-refractivity contribution is 6.67. The largest absolute Gasteiger partial charge is 0.312 e. The maximum Gasteiger partial charge on any atom is 0.252 e. The SMILES string of the molecule is O=C(Cl)c1ccc2c(c1)CCNC2. The fraction of sp³-hybridized carbons (Fsp3) is 0.300. The van der Waals surface area contributed by atoms with Crippen molar-refractivity contribution < 1.29 is 4.79 Å². The molecule has 0 atom stereocenters. The van der Waals surface area contributed by atoms with Crippen molar-refractivity contribution in [3.05, 3.63) is 34.9 Å². The Hall–Kier alpha value is -0.860. The third-order valence-electron chi connectivity index (χ3n) is 2.32. The lowest BCUT2D eigenvalue weighted by Crippen LogP contribution is -2.23. The van der Waals surface area contributed by atoms with E-state index < -0.39 is 0 Å². The molecule has 2 nitrogen and oxygen atoms in total. The normalized spacial score (nSPS) is 15.2. The standard InChI is InChI=1S/C10H10ClNO/c11-10(13)8-1-2-9-6-12-4-3-7(9)5-8/h1-2,5,12H,3-4,6H2. The smallest absolute Gasteiger partial charge is 0.252 e. The molecule has 0 spiro atoms. The molecule has 0 radical (unpaired) electrons. The van der Waals surface area contributed by atoms with Gasteiger partial charge in [0.25, 0.3) is 5.24 Å². The fourth-order valence-corrected chi connectivity index (χ4v) is 1.72. The van der Waals surface area contributed by atoms with Gasteiger partial charge in [0.2, 0.25) is 0 Å². The molecule has 0 aromatic heterocycles. The molecule has 0 aliphatic carbocycles. The first-order valence-electron chi connectivity index (χ1n) is 4.30. The van der Waals surface area contributed by atoms with Gasteiger partial charge in [-0.25, -0.2) is 0 Å². The Morgan fingerprint density at radius 3 is 3.00 bits per heavy atom. The minimum Gasteiger partial charge on any atom is -0.312 e. The Balaban J connectivity index is 2.40. The average molecular weight is 196 g/mol. The lowest BCUT2D eigenvalue weighted by atomic mass is 9.99. The lowest BCUT2D eigenvalue weighted by molar-refractivity contribution is 0.108. The summed E-state index contributed by atoms with van der Waals surface area (Å²) >= 11 is 5.39. The van der Waals surface area contributed by atoms with Gasteiger partial charge in [-0.15, -0.1) is 0 Å². The zero-order valence-electron chi connectivity index (χ0n) is 7.14. The van der Waals surface area contributed by atoms with Gasteiger partial charge in [-0.3, -0.25) is 4.79 Å². The number of rotatable bonds is 1. The van der Waals surface area contributed by atoms with Gasteiger partial charge in [0.05, 0.1) is 0 Å². The Bertz CT molecular complexity index is 349. The quantitative estimate of drug-likeness (QED) is 0.692. The van der Waals surface area contributed by atoms with E-state index in [0.717, 1.165) is 19.5 Å². The van der Waals surface area contributed by atoms with Gasteiger partial charge in [-0.1, -0.05) is 6.07 Å². The van der Waals surface area contributed by atoms with Crippen LogP contribution < -0.4 is 5.32 Å². The first-order valence-corrected chi connectivity index (χ1v) is 4.67. The summed E-state index contributed by atoms with van der Waals surface area (Å²) in [5, 5.41) is 2.90. The Kier molecular flexibility index (Phi) is 2.34. The molecule has 13 heavy (non-hydrogen) atoms. The molecule has 0 fully saturated rings. The minimum atomic E-state index is -0.374. The number of carbonyl (C=O) groups excluding carboxylic acids is 1. The molecule has 1 aliphatic heterocycles. The van der Waals surface area contributed by atoms with E-state index in [1.165, 1.54) is 11.1 Å². The van der Waals surface area contributed by atoms with Gasteiger partial charge in [-0.2, -0.15) is 0 Å². The number of nitrogens with one attached hydrogen (secondary N) is 1. The number of hydrogen-bond acceptors (Lipinski definition) is 2. The van der Waals surface area contributed by atoms with E-state index in [9.17, 15) is 4.79 Å². The molecular formula is C10H10ClNO. The molecular weight excluding hydrogens is 186 g/mol. The summed E-state index contributed by atoms with van der Waals surface area (Å²) in [6.07, 6.45) is 0.980. The zero-order valence-corrected chi connectivity index (χ0v) is 7.90. The Labute approximate surface area is 81.9 Å². The van der Waals surface area contributed by atoms with Crippen LogP contribution in [0.1, 0.15) is 21.5 Å². The van der Waals surface area contributed by atoms with Crippen LogP contribution in [0.25, 0.3) is 0 Å². The van der Waals surface area contributed by atoms with Crippen molar-refractivity contribution in [2.45, 2.75) is 13.0 Å². The molecule has 68 valence electrons. The summed E-state index contributed by atoms with van der Waals surface area (Å²) < 4.78 is 0. The van der Waals surface area contributed by atoms with E-state index in [-0.39, 0.29) is 5.24 Å². The number of carbonyl (C=O) groups is 1. The summed E-state index contributed by atoms with van der Waals surface area (Å²) in [7, 11) is 0. The van der Waals surface area contributed by atoms with Crippen molar-refractivity contribution in [1.29, 1.82) is 0 Å². The summed E-state index contributed by atoms with van der Waals surface area (Å²) in [6.45, 7) is 1.87. The van der Waals surface area contributed by atoms with Crippen LogP contribution in [-0.4, -0.2) is 11.8 Å². The average Bonchev–Trinajstić information content (AvgIpc) is 2.17. The van der Waals surface area contributed by atoms with Gasteiger partial charge in [0, 0.05) is 12.1 Å². The summed E-state index contributed by atoms with van der Waals surface area (Å²) in [5.74, 6) is 0. The van der Waals surface area contributed by atoms with Crippen molar-refractivity contribution in [2.24, 2.45) is 0 Å². The van der Waals surface area contributed by atoms with E-state index in [4.69, 9.17) is 11.6 Å². The van der Waals surface area contributed by atoms with Crippen LogP contribution in [0.5, 0.6) is 0 Å². The van der Waals surface area contributed by atoms with Crippen LogP contribution in [0.4, 0.5) is 0 Å². The zero-order chi connectivity index (χ0) is 9.26. The van der Waals surface area contributed by atoms with Gasteiger partial charge >= 0.3 is 0 Å². The molecule has 1 N–H and O–H groups in total. The Morgan fingerprint density at radius 2 is 2.23 bits per heavy atom. The van der Waals surface area contributed by atoms with Gasteiger partial charge < -0.3 is 5.32 Å². The van der Waals surface area contributed by atoms with Crippen LogP contribution in [0, 0.1) is 0 Å². The van der Waals surface area contributed by atoms with Crippen LogP contribution in [-0.2, 0) is 13.0 Å². The van der Waals surface area contributed by atoms with E-state index >= 15 is 0 Å². The molecule has 1 heterocycles. The molecule has 1 aromatic carbocycles. The highest BCUT2D eigenvalue weighted by Crippen LogP contribution is 2.16. The summed E-state index contributed by atoms with van der Waals surface area (Å²) in [5.41, 5.74) is 3.11. The molecule has 0 saturated carbocycles. The molecule has 0 amide bonds. The van der Waals surface area contributed by atoms with Crippen molar-refractivity contribution in [1.82, 2.24) is 5.32 Å². The monoisotopic (exact) mass is 195 g/mol. The van der Waals surface area contributed by atoms with Crippen molar-refractivity contribution >= 4 is 16.8 Å². The second-order valence-corrected chi connectivity index (χ2v) is 3.53. The van der Waals surface area contributed by atoms with Crippen molar-refractivity contribution in [3.8, 4) is 0 Å².